The van der Waals surface area contributed by atoms with Gasteiger partial charge in [0.25, 0.3) is 5.69 Å². The Balaban J connectivity index is 1.72. The number of nitrogens with zero attached hydrogens (tertiary/aromatic N) is 3. The van der Waals surface area contributed by atoms with E-state index in [0.29, 0.717) is 10.6 Å². The standard InChI is InChI=1S/C20H18N4O5S/c1-13-2-4-16(5-3-13)30-17-11-14(10-15(12-17)24(28)29)22-19(25)7-9-23-18(20(26)27)6-8-21-23/h2-6,8,10-12H,7,9H2,1H3,(H,22,25)(H,26,27). The fraction of sp³-hybridized carbons (Fsp3) is 0.150. The normalized spacial score (nSPS) is 10.6. The molecule has 3 rings (SSSR count). The van der Waals surface area contributed by atoms with Gasteiger partial charge in [0, 0.05) is 40.2 Å². The maximum Gasteiger partial charge on any atom is 0.354 e. The molecule has 0 aliphatic heterocycles. The van der Waals surface area contributed by atoms with Crippen molar-refractivity contribution in [2.24, 2.45) is 0 Å². The van der Waals surface area contributed by atoms with Crippen LogP contribution in [0.3, 0.4) is 0 Å². The topological polar surface area (TPSA) is 127 Å². The molecule has 1 amide bonds. The smallest absolute Gasteiger partial charge is 0.354 e. The van der Waals surface area contributed by atoms with E-state index in [1.165, 1.54) is 40.8 Å². The van der Waals surface area contributed by atoms with Crippen LogP contribution in [-0.4, -0.2) is 31.7 Å². The van der Waals surface area contributed by atoms with Crippen molar-refractivity contribution in [3.05, 3.63) is 76.1 Å². The summed E-state index contributed by atoms with van der Waals surface area (Å²) in [5, 5.41) is 26.9. The van der Waals surface area contributed by atoms with Gasteiger partial charge in [-0.3, -0.25) is 19.6 Å². The molecule has 0 aliphatic carbocycles. The van der Waals surface area contributed by atoms with Gasteiger partial charge < -0.3 is 10.4 Å². The van der Waals surface area contributed by atoms with E-state index in [2.05, 4.69) is 10.4 Å². The molecule has 0 unspecified atom stereocenters. The molecule has 2 aromatic carbocycles. The minimum Gasteiger partial charge on any atom is -0.477 e. The molecule has 30 heavy (non-hydrogen) atoms. The van der Waals surface area contributed by atoms with E-state index in [1.807, 2.05) is 31.2 Å². The van der Waals surface area contributed by atoms with Crippen molar-refractivity contribution in [1.82, 2.24) is 9.78 Å². The molecule has 0 aliphatic rings. The van der Waals surface area contributed by atoms with Crippen LogP contribution < -0.4 is 5.32 Å². The molecular weight excluding hydrogens is 408 g/mol. The number of aryl methyl sites for hydroxylation is 2. The number of rotatable bonds is 8. The van der Waals surface area contributed by atoms with E-state index in [-0.39, 0.29) is 24.3 Å². The molecule has 0 bridgehead atoms. The number of nitro groups is 1. The summed E-state index contributed by atoms with van der Waals surface area (Å²) < 4.78 is 1.22. The number of nitrogens with one attached hydrogen (secondary N) is 1. The van der Waals surface area contributed by atoms with Gasteiger partial charge in [0.15, 0.2) is 0 Å². The highest BCUT2D eigenvalue weighted by Gasteiger charge is 2.14. The predicted octanol–water partition coefficient (Wildman–Crippen LogP) is 3.98. The van der Waals surface area contributed by atoms with Gasteiger partial charge >= 0.3 is 5.97 Å². The van der Waals surface area contributed by atoms with Gasteiger partial charge in [0.1, 0.15) is 5.69 Å². The summed E-state index contributed by atoms with van der Waals surface area (Å²) in [6.07, 6.45) is 1.31. The van der Waals surface area contributed by atoms with Crippen LogP contribution in [0.2, 0.25) is 0 Å². The number of aromatic carboxylic acids is 1. The van der Waals surface area contributed by atoms with Crippen molar-refractivity contribution in [2.75, 3.05) is 5.32 Å². The second-order valence-electron chi connectivity index (χ2n) is 6.43. The zero-order chi connectivity index (χ0) is 21.7. The highest BCUT2D eigenvalue weighted by molar-refractivity contribution is 7.99. The van der Waals surface area contributed by atoms with Crippen LogP contribution in [-0.2, 0) is 11.3 Å². The Morgan fingerprint density at radius 1 is 1.17 bits per heavy atom. The summed E-state index contributed by atoms with van der Waals surface area (Å²) in [4.78, 5) is 35.7. The molecule has 0 saturated heterocycles. The van der Waals surface area contributed by atoms with Crippen LogP contribution >= 0.6 is 11.8 Å². The van der Waals surface area contributed by atoms with Gasteiger partial charge in [-0.05, 0) is 31.2 Å². The number of amides is 1. The third-order valence-corrected chi connectivity index (χ3v) is 5.11. The van der Waals surface area contributed by atoms with Crippen molar-refractivity contribution in [3.8, 4) is 0 Å². The first-order valence-electron chi connectivity index (χ1n) is 8.91. The van der Waals surface area contributed by atoms with Crippen molar-refractivity contribution < 1.29 is 19.6 Å². The Morgan fingerprint density at radius 2 is 1.90 bits per heavy atom. The molecule has 0 radical (unpaired) electrons. The molecule has 0 saturated carbocycles. The average molecular weight is 426 g/mol. The van der Waals surface area contributed by atoms with E-state index < -0.39 is 16.8 Å². The maximum atomic E-state index is 12.3. The third kappa shape index (κ3) is 5.45. The Kier molecular flexibility index (Phi) is 6.48. The van der Waals surface area contributed by atoms with Crippen LogP contribution in [0.5, 0.6) is 0 Å². The van der Waals surface area contributed by atoms with E-state index in [1.54, 1.807) is 6.07 Å². The zero-order valence-electron chi connectivity index (χ0n) is 15.9. The largest absolute Gasteiger partial charge is 0.477 e. The van der Waals surface area contributed by atoms with Gasteiger partial charge in [-0.2, -0.15) is 5.10 Å². The lowest BCUT2D eigenvalue weighted by molar-refractivity contribution is -0.385. The Hall–Kier alpha value is -3.66. The van der Waals surface area contributed by atoms with Gasteiger partial charge in [0.2, 0.25) is 5.91 Å². The molecule has 9 nitrogen and oxygen atoms in total. The highest BCUT2D eigenvalue weighted by Crippen LogP contribution is 2.33. The van der Waals surface area contributed by atoms with Gasteiger partial charge in [-0.25, -0.2) is 4.79 Å². The molecule has 0 spiro atoms. The fourth-order valence-electron chi connectivity index (χ4n) is 2.69. The summed E-state index contributed by atoms with van der Waals surface area (Å²) >= 11 is 1.35. The number of nitro benzene ring substituents is 1. The minimum absolute atomic E-state index is 0.0186. The summed E-state index contributed by atoms with van der Waals surface area (Å²) in [5.41, 5.74) is 1.25. The van der Waals surface area contributed by atoms with E-state index in [4.69, 9.17) is 5.11 Å². The van der Waals surface area contributed by atoms with Crippen molar-refractivity contribution in [1.29, 1.82) is 0 Å². The molecule has 0 atom stereocenters. The molecule has 0 fully saturated rings. The summed E-state index contributed by atoms with van der Waals surface area (Å²) in [5.74, 6) is -1.54. The summed E-state index contributed by atoms with van der Waals surface area (Å²) in [6.45, 7) is 2.04. The Bertz CT molecular complexity index is 1090. The quantitative estimate of drug-likeness (QED) is 0.412. The molecule has 1 heterocycles. The molecule has 154 valence electrons. The van der Waals surface area contributed by atoms with Crippen LogP contribution in [0, 0.1) is 17.0 Å². The Morgan fingerprint density at radius 3 is 2.57 bits per heavy atom. The van der Waals surface area contributed by atoms with Crippen molar-refractivity contribution >= 4 is 35.0 Å². The molecule has 2 N–H and O–H groups in total. The first-order chi connectivity index (χ1) is 14.3. The van der Waals surface area contributed by atoms with Crippen molar-refractivity contribution in [3.63, 3.8) is 0 Å². The van der Waals surface area contributed by atoms with Crippen LogP contribution in [0.25, 0.3) is 0 Å². The first kappa shape index (κ1) is 21.1. The van der Waals surface area contributed by atoms with E-state index in [0.717, 1.165) is 10.5 Å². The lowest BCUT2D eigenvalue weighted by Crippen LogP contribution is -2.17. The maximum absolute atomic E-state index is 12.3. The first-order valence-corrected chi connectivity index (χ1v) is 9.72. The number of benzene rings is 2. The molecule has 3 aromatic rings. The number of non-ortho nitro benzene ring substituents is 1. The third-order valence-electron chi connectivity index (χ3n) is 4.13. The second-order valence-corrected chi connectivity index (χ2v) is 7.58. The fourth-order valence-corrected chi connectivity index (χ4v) is 3.60. The molecular formula is C20H18N4O5S. The summed E-state index contributed by atoms with van der Waals surface area (Å²) in [6, 6.07) is 13.5. The van der Waals surface area contributed by atoms with Gasteiger partial charge in [0.05, 0.1) is 11.5 Å². The number of anilines is 1. The number of hydrogen-bond donors (Lipinski definition) is 2. The van der Waals surface area contributed by atoms with Crippen LogP contribution in [0.1, 0.15) is 22.5 Å². The van der Waals surface area contributed by atoms with Crippen LogP contribution in [0.15, 0.2) is 64.5 Å². The average Bonchev–Trinajstić information content (AvgIpc) is 3.17. The number of carboxylic acid groups (broad SMARTS) is 1. The van der Waals surface area contributed by atoms with E-state index >= 15 is 0 Å². The molecule has 1 aromatic heterocycles. The Labute approximate surface area is 175 Å². The lowest BCUT2D eigenvalue weighted by Gasteiger charge is -2.09. The number of carboxylic acids is 1. The van der Waals surface area contributed by atoms with Crippen molar-refractivity contribution in [2.45, 2.75) is 29.7 Å². The number of aromatic nitrogens is 2. The SMILES string of the molecule is Cc1ccc(Sc2cc(NC(=O)CCn3nccc3C(=O)O)cc([N+](=O)[O-])c2)cc1. The monoisotopic (exact) mass is 426 g/mol. The second kappa shape index (κ2) is 9.23. The molecule has 10 heteroatoms. The van der Waals surface area contributed by atoms with Gasteiger partial charge in [-0.1, -0.05) is 29.5 Å². The lowest BCUT2D eigenvalue weighted by atomic mass is 10.2. The highest BCUT2D eigenvalue weighted by atomic mass is 32.2. The van der Waals surface area contributed by atoms with Crippen LogP contribution in [0.4, 0.5) is 11.4 Å². The predicted molar refractivity (Wildman–Crippen MR) is 111 cm³/mol. The van der Waals surface area contributed by atoms with Gasteiger partial charge in [-0.15, -0.1) is 0 Å². The number of hydrogen-bond acceptors (Lipinski definition) is 6. The summed E-state index contributed by atoms with van der Waals surface area (Å²) in [7, 11) is 0. The number of carbonyl (C=O) groups excluding carboxylic acids is 1. The van der Waals surface area contributed by atoms with E-state index in [9.17, 15) is 19.7 Å². The minimum atomic E-state index is -1.13. The zero-order valence-corrected chi connectivity index (χ0v) is 16.8. The number of carbonyl (C=O) groups is 2.